The Kier molecular flexibility index (Phi) is 2.69. The maximum Gasteiger partial charge on any atom is -0.00118 e. The first-order chi connectivity index (χ1) is 5.61. The van der Waals surface area contributed by atoms with Crippen molar-refractivity contribution in [3.05, 3.63) is 47.9 Å². The van der Waals surface area contributed by atoms with Crippen LogP contribution in [0.1, 0.15) is 31.9 Å². The van der Waals surface area contributed by atoms with Crippen molar-refractivity contribution >= 4 is 5.57 Å². The molecule has 0 fully saturated rings. The highest BCUT2D eigenvalue weighted by molar-refractivity contribution is 5.62. The second kappa shape index (κ2) is 3.57. The third-order valence-corrected chi connectivity index (χ3v) is 1.93. The molecule has 1 radical (unpaired) electrons. The number of allylic oxidation sites excluding steroid dienone is 1. The minimum absolute atomic E-state index is 1.12. The van der Waals surface area contributed by atoms with E-state index >= 15 is 0 Å². The molecule has 0 saturated heterocycles. The van der Waals surface area contributed by atoms with Gasteiger partial charge in [-0.3, -0.25) is 0 Å². The minimum Gasteiger partial charge on any atom is -0.0955 e. The topological polar surface area (TPSA) is 0 Å². The van der Waals surface area contributed by atoms with E-state index in [4.69, 9.17) is 0 Å². The molecule has 0 atom stereocenters. The van der Waals surface area contributed by atoms with Gasteiger partial charge in [-0.25, -0.2) is 0 Å². The molecule has 0 aliphatic heterocycles. The van der Waals surface area contributed by atoms with Crippen LogP contribution in [0.5, 0.6) is 0 Å². The van der Waals surface area contributed by atoms with Crippen LogP contribution in [0, 0.1) is 5.92 Å². The summed E-state index contributed by atoms with van der Waals surface area (Å²) in [6, 6.07) is 8.47. The van der Waals surface area contributed by atoms with Gasteiger partial charge < -0.3 is 0 Å². The summed E-state index contributed by atoms with van der Waals surface area (Å²) in [5, 5.41) is 0. The Morgan fingerprint density at radius 1 is 1.08 bits per heavy atom. The second-order valence-electron chi connectivity index (χ2n) is 3.36. The van der Waals surface area contributed by atoms with Crippen molar-refractivity contribution in [3.63, 3.8) is 0 Å². The fourth-order valence-electron chi connectivity index (χ4n) is 1.10. The largest absolute Gasteiger partial charge is 0.0955 e. The van der Waals surface area contributed by atoms with Crippen LogP contribution in [-0.2, 0) is 0 Å². The van der Waals surface area contributed by atoms with Crippen LogP contribution in [0.2, 0.25) is 0 Å². The van der Waals surface area contributed by atoms with E-state index in [9.17, 15) is 0 Å². The van der Waals surface area contributed by atoms with Crippen molar-refractivity contribution in [3.8, 4) is 0 Å². The third-order valence-electron chi connectivity index (χ3n) is 1.93. The molecule has 0 heteroatoms. The molecular formula is C12H15. The van der Waals surface area contributed by atoms with E-state index in [0.29, 0.717) is 0 Å². The van der Waals surface area contributed by atoms with Crippen LogP contribution in [0.4, 0.5) is 0 Å². The number of hydrogen-bond acceptors (Lipinski definition) is 0. The summed E-state index contributed by atoms with van der Waals surface area (Å²) in [4.78, 5) is 0. The molecule has 0 amide bonds. The lowest BCUT2D eigenvalue weighted by Crippen LogP contribution is -1.89. The Bertz CT molecular complexity index is 282. The van der Waals surface area contributed by atoms with E-state index in [0.717, 1.165) is 5.57 Å². The molecule has 0 heterocycles. The van der Waals surface area contributed by atoms with Crippen LogP contribution in [0.25, 0.3) is 5.57 Å². The van der Waals surface area contributed by atoms with Gasteiger partial charge in [0, 0.05) is 0 Å². The lowest BCUT2D eigenvalue weighted by atomic mass is 9.99. The van der Waals surface area contributed by atoms with Crippen molar-refractivity contribution in [1.82, 2.24) is 0 Å². The summed E-state index contributed by atoms with van der Waals surface area (Å²) in [6.45, 7) is 10.2. The summed E-state index contributed by atoms with van der Waals surface area (Å²) in [5.74, 6) is 1.35. The predicted octanol–water partition coefficient (Wildman–Crippen LogP) is 3.68. The van der Waals surface area contributed by atoms with Crippen LogP contribution >= 0.6 is 0 Å². The number of benzene rings is 1. The average molecular weight is 159 g/mol. The van der Waals surface area contributed by atoms with Crippen molar-refractivity contribution in [2.24, 2.45) is 0 Å². The molecule has 0 aliphatic carbocycles. The normalized spacial score (nSPS) is 10.3. The lowest BCUT2D eigenvalue weighted by Gasteiger charge is -2.06. The Hall–Kier alpha value is -1.04. The van der Waals surface area contributed by atoms with Gasteiger partial charge in [0.25, 0.3) is 0 Å². The van der Waals surface area contributed by atoms with E-state index in [1.165, 1.54) is 17.0 Å². The van der Waals surface area contributed by atoms with Gasteiger partial charge in [-0.05, 0) is 24.0 Å². The van der Waals surface area contributed by atoms with Crippen LogP contribution in [-0.4, -0.2) is 0 Å². The van der Waals surface area contributed by atoms with Gasteiger partial charge in [-0.15, -0.1) is 0 Å². The van der Waals surface area contributed by atoms with Gasteiger partial charge in [-0.1, -0.05) is 50.3 Å². The molecule has 1 rings (SSSR count). The quantitative estimate of drug-likeness (QED) is 0.617. The molecule has 0 nitrogen and oxygen atoms in total. The Balaban J connectivity index is 3.04. The standard InChI is InChI=1S/C12H15/c1-9(2)11-6-5-7-12(8-11)10(3)4/h5-8H,1H2,2-4H3. The fourth-order valence-corrected chi connectivity index (χ4v) is 1.10. The van der Waals surface area contributed by atoms with Crippen LogP contribution in [0.3, 0.4) is 0 Å². The Morgan fingerprint density at radius 2 is 1.67 bits per heavy atom. The lowest BCUT2D eigenvalue weighted by molar-refractivity contribution is 1.15. The summed E-state index contributed by atoms with van der Waals surface area (Å²) in [5.41, 5.74) is 3.65. The summed E-state index contributed by atoms with van der Waals surface area (Å²) < 4.78 is 0. The highest BCUT2D eigenvalue weighted by atomic mass is 14.0. The van der Waals surface area contributed by atoms with Gasteiger partial charge in [0.05, 0.1) is 0 Å². The molecule has 0 saturated carbocycles. The highest BCUT2D eigenvalue weighted by Gasteiger charge is 2.00. The first-order valence-electron chi connectivity index (χ1n) is 4.17. The second-order valence-corrected chi connectivity index (χ2v) is 3.36. The zero-order valence-electron chi connectivity index (χ0n) is 8.02. The van der Waals surface area contributed by atoms with Crippen molar-refractivity contribution in [2.75, 3.05) is 0 Å². The molecule has 0 N–H and O–H groups in total. The number of rotatable bonds is 2. The molecule has 0 aliphatic rings. The first-order valence-corrected chi connectivity index (χ1v) is 4.17. The molecule has 1 aromatic rings. The maximum absolute atomic E-state index is 3.92. The molecule has 0 aromatic heterocycles. The molecule has 0 unspecified atom stereocenters. The maximum atomic E-state index is 3.92. The molecule has 63 valence electrons. The summed E-state index contributed by atoms with van der Waals surface area (Å²) in [6.07, 6.45) is 0. The highest BCUT2D eigenvalue weighted by Crippen LogP contribution is 2.18. The van der Waals surface area contributed by atoms with Gasteiger partial charge >= 0.3 is 0 Å². The minimum atomic E-state index is 1.12. The van der Waals surface area contributed by atoms with E-state index in [1.807, 2.05) is 6.92 Å². The Morgan fingerprint density at radius 3 is 2.17 bits per heavy atom. The molecule has 1 aromatic carbocycles. The van der Waals surface area contributed by atoms with Gasteiger partial charge in [-0.2, -0.15) is 0 Å². The van der Waals surface area contributed by atoms with E-state index in [1.54, 1.807) is 0 Å². The molecule has 12 heavy (non-hydrogen) atoms. The monoisotopic (exact) mass is 159 g/mol. The van der Waals surface area contributed by atoms with Crippen LogP contribution < -0.4 is 0 Å². The molecule has 0 spiro atoms. The summed E-state index contributed by atoms with van der Waals surface area (Å²) in [7, 11) is 0. The molecule has 0 bridgehead atoms. The average Bonchev–Trinajstić information content (AvgIpc) is 2.04. The first kappa shape index (κ1) is 9.05. The zero-order valence-corrected chi connectivity index (χ0v) is 8.02. The predicted molar refractivity (Wildman–Crippen MR) is 54.8 cm³/mol. The van der Waals surface area contributed by atoms with Crippen molar-refractivity contribution in [2.45, 2.75) is 20.8 Å². The van der Waals surface area contributed by atoms with Crippen molar-refractivity contribution in [1.29, 1.82) is 0 Å². The third kappa shape index (κ3) is 1.97. The smallest absolute Gasteiger partial charge is 0.00118 e. The van der Waals surface area contributed by atoms with Crippen molar-refractivity contribution < 1.29 is 0 Å². The number of hydrogen-bond donors (Lipinski definition) is 0. The fraction of sp³-hybridized carbons (Fsp3) is 0.250. The Labute approximate surface area is 74.9 Å². The molecular weight excluding hydrogens is 144 g/mol. The van der Waals surface area contributed by atoms with E-state index in [2.05, 4.69) is 44.7 Å². The van der Waals surface area contributed by atoms with E-state index < -0.39 is 0 Å². The zero-order chi connectivity index (χ0) is 9.14. The van der Waals surface area contributed by atoms with E-state index in [-0.39, 0.29) is 0 Å². The van der Waals surface area contributed by atoms with Gasteiger partial charge in [0.15, 0.2) is 0 Å². The van der Waals surface area contributed by atoms with Gasteiger partial charge in [0.2, 0.25) is 0 Å². The van der Waals surface area contributed by atoms with Gasteiger partial charge in [0.1, 0.15) is 0 Å². The van der Waals surface area contributed by atoms with Crippen LogP contribution in [0.15, 0.2) is 30.8 Å². The summed E-state index contributed by atoms with van der Waals surface area (Å²) >= 11 is 0. The SMILES string of the molecule is C=C(C)c1cccc([C](C)C)c1.